The summed E-state index contributed by atoms with van der Waals surface area (Å²) in [6.07, 6.45) is -1.88. The summed E-state index contributed by atoms with van der Waals surface area (Å²) in [7, 11) is 0. The fourth-order valence-corrected chi connectivity index (χ4v) is 4.35. The summed E-state index contributed by atoms with van der Waals surface area (Å²) in [4.78, 5) is 26.7. The Morgan fingerprint density at radius 3 is 2.29 bits per heavy atom. The van der Waals surface area contributed by atoms with Crippen LogP contribution in [0.3, 0.4) is 0 Å². The molecule has 9 nitrogen and oxygen atoms in total. The molecule has 1 aliphatic heterocycles. The van der Waals surface area contributed by atoms with Crippen molar-refractivity contribution in [2.45, 2.75) is 50.6 Å². The molecule has 2 heterocycles. The average molecular weight is 483 g/mol. The van der Waals surface area contributed by atoms with Crippen molar-refractivity contribution in [3.8, 4) is 0 Å². The average Bonchev–Trinajstić information content (AvgIpc) is 3.13. The topological polar surface area (TPSA) is 123 Å². The van der Waals surface area contributed by atoms with E-state index in [9.17, 15) is 19.8 Å². The Balaban J connectivity index is 1.64. The van der Waals surface area contributed by atoms with Crippen molar-refractivity contribution < 1.29 is 24.4 Å². The second kappa shape index (κ2) is 11.1. The summed E-state index contributed by atoms with van der Waals surface area (Å²) in [5.74, 6) is 0. The SMILES string of the molecule is Cc1cn([C@@H]2O[C@H](COCc3ccccc3)[C@@](CCO)(OCc3ccccc3)[C@@H]2O)c(=O)[nH]c1=O. The van der Waals surface area contributed by atoms with E-state index >= 15 is 0 Å². The summed E-state index contributed by atoms with van der Waals surface area (Å²) in [6, 6.07) is 19.0. The Kier molecular flexibility index (Phi) is 7.94. The molecular weight excluding hydrogens is 452 g/mol. The van der Waals surface area contributed by atoms with Crippen LogP contribution in [0.1, 0.15) is 29.3 Å². The number of aliphatic hydroxyl groups is 2. The van der Waals surface area contributed by atoms with Crippen LogP contribution in [0.5, 0.6) is 0 Å². The number of hydrogen-bond donors (Lipinski definition) is 3. The number of nitrogens with zero attached hydrogens (tertiary/aromatic N) is 1. The highest BCUT2D eigenvalue weighted by Gasteiger charge is 2.58. The van der Waals surface area contributed by atoms with E-state index in [4.69, 9.17) is 14.2 Å². The smallest absolute Gasteiger partial charge is 0.330 e. The molecule has 0 bridgehead atoms. The van der Waals surface area contributed by atoms with Gasteiger partial charge in [0, 0.05) is 24.8 Å². The van der Waals surface area contributed by atoms with E-state index in [1.165, 1.54) is 6.20 Å². The lowest BCUT2D eigenvalue weighted by molar-refractivity contribution is -0.159. The van der Waals surface area contributed by atoms with E-state index in [0.717, 1.165) is 15.7 Å². The van der Waals surface area contributed by atoms with Crippen molar-refractivity contribution in [3.63, 3.8) is 0 Å². The standard InChI is InChI=1S/C26H30N2O7/c1-18-14-28(25(32)27-23(18)31)24-22(30)26(12-13-29,34-16-20-10-6-3-7-11-20)21(35-24)17-33-15-19-8-4-2-5-9-19/h2-11,14,21-22,24,29-30H,12-13,15-17H2,1H3,(H,27,31,32)/t21-,22-,24-,26-/m1/s1. The number of rotatable bonds is 10. The second-order valence-corrected chi connectivity index (χ2v) is 8.64. The monoisotopic (exact) mass is 482 g/mol. The number of aliphatic hydroxyl groups excluding tert-OH is 2. The van der Waals surface area contributed by atoms with Crippen LogP contribution in [0, 0.1) is 6.92 Å². The van der Waals surface area contributed by atoms with Gasteiger partial charge in [0.25, 0.3) is 5.56 Å². The van der Waals surface area contributed by atoms with Gasteiger partial charge in [0.2, 0.25) is 0 Å². The molecule has 9 heteroatoms. The van der Waals surface area contributed by atoms with E-state index in [0.29, 0.717) is 12.2 Å². The molecule has 35 heavy (non-hydrogen) atoms. The maximum atomic E-state index is 12.6. The minimum atomic E-state index is -1.37. The fraction of sp³-hybridized carbons (Fsp3) is 0.385. The number of hydrogen-bond acceptors (Lipinski definition) is 7. The molecule has 0 saturated carbocycles. The zero-order chi connectivity index (χ0) is 24.8. The lowest BCUT2D eigenvalue weighted by Crippen LogP contribution is -2.52. The van der Waals surface area contributed by atoms with E-state index in [-0.39, 0.29) is 26.2 Å². The number of aromatic amines is 1. The zero-order valence-electron chi connectivity index (χ0n) is 19.5. The molecule has 186 valence electrons. The molecule has 0 amide bonds. The molecule has 3 aromatic rings. The molecule has 2 aromatic carbocycles. The largest absolute Gasteiger partial charge is 0.396 e. The third-order valence-corrected chi connectivity index (χ3v) is 6.27. The molecule has 1 fully saturated rings. The maximum absolute atomic E-state index is 12.6. The predicted molar refractivity (Wildman–Crippen MR) is 128 cm³/mol. The highest BCUT2D eigenvalue weighted by molar-refractivity contribution is 5.15. The molecule has 0 radical (unpaired) electrons. The second-order valence-electron chi connectivity index (χ2n) is 8.64. The number of benzene rings is 2. The molecule has 3 N–H and O–H groups in total. The van der Waals surface area contributed by atoms with Crippen molar-refractivity contribution in [3.05, 3.63) is 104 Å². The first kappa shape index (κ1) is 25.0. The van der Waals surface area contributed by atoms with Crippen molar-refractivity contribution >= 4 is 0 Å². The van der Waals surface area contributed by atoms with E-state index in [1.54, 1.807) is 6.92 Å². The fourth-order valence-electron chi connectivity index (χ4n) is 4.35. The molecule has 0 spiro atoms. The lowest BCUT2D eigenvalue weighted by atomic mass is 9.88. The minimum Gasteiger partial charge on any atom is -0.396 e. The quantitative estimate of drug-likeness (QED) is 0.402. The minimum absolute atomic E-state index is 0.0496. The first-order valence-corrected chi connectivity index (χ1v) is 11.5. The van der Waals surface area contributed by atoms with Gasteiger partial charge in [-0.05, 0) is 18.1 Å². The lowest BCUT2D eigenvalue weighted by Gasteiger charge is -2.36. The zero-order valence-corrected chi connectivity index (χ0v) is 19.5. The van der Waals surface area contributed by atoms with E-state index in [1.807, 2.05) is 60.7 Å². The van der Waals surface area contributed by atoms with Crippen LogP contribution in [0.2, 0.25) is 0 Å². The van der Waals surface area contributed by atoms with Gasteiger partial charge in [-0.3, -0.25) is 14.3 Å². The first-order chi connectivity index (χ1) is 16.9. The van der Waals surface area contributed by atoms with Gasteiger partial charge in [-0.25, -0.2) is 4.79 Å². The molecule has 1 aliphatic rings. The Morgan fingerprint density at radius 2 is 1.66 bits per heavy atom. The molecule has 4 rings (SSSR count). The Bertz CT molecular complexity index is 1210. The molecule has 0 aliphatic carbocycles. The Morgan fingerprint density at radius 1 is 1.03 bits per heavy atom. The summed E-state index contributed by atoms with van der Waals surface area (Å²) in [5, 5.41) is 21.4. The maximum Gasteiger partial charge on any atom is 0.330 e. The molecule has 1 saturated heterocycles. The van der Waals surface area contributed by atoms with Crippen LogP contribution >= 0.6 is 0 Å². The highest BCUT2D eigenvalue weighted by Crippen LogP contribution is 2.42. The number of aromatic nitrogens is 2. The highest BCUT2D eigenvalue weighted by atomic mass is 16.6. The van der Waals surface area contributed by atoms with Gasteiger partial charge < -0.3 is 24.4 Å². The van der Waals surface area contributed by atoms with E-state index < -0.39 is 35.3 Å². The van der Waals surface area contributed by atoms with Crippen LogP contribution in [-0.4, -0.2) is 50.8 Å². The van der Waals surface area contributed by atoms with Crippen LogP contribution in [0.4, 0.5) is 0 Å². The van der Waals surface area contributed by atoms with Crippen LogP contribution in [-0.2, 0) is 27.4 Å². The molecular formula is C26H30N2O7. The van der Waals surface area contributed by atoms with Crippen LogP contribution < -0.4 is 11.2 Å². The Labute approximate surface area is 202 Å². The number of aryl methyl sites for hydroxylation is 1. The van der Waals surface area contributed by atoms with Gasteiger partial charge in [-0.2, -0.15) is 0 Å². The third-order valence-electron chi connectivity index (χ3n) is 6.27. The van der Waals surface area contributed by atoms with Gasteiger partial charge >= 0.3 is 5.69 Å². The van der Waals surface area contributed by atoms with Crippen molar-refractivity contribution in [1.82, 2.24) is 9.55 Å². The molecule has 0 unspecified atom stereocenters. The summed E-state index contributed by atoms with van der Waals surface area (Å²) in [6.45, 7) is 1.80. The predicted octanol–water partition coefficient (Wildman–Crippen LogP) is 1.66. The summed E-state index contributed by atoms with van der Waals surface area (Å²) in [5.41, 5.74) is -0.452. The first-order valence-electron chi connectivity index (χ1n) is 11.5. The van der Waals surface area contributed by atoms with Crippen LogP contribution in [0.25, 0.3) is 0 Å². The van der Waals surface area contributed by atoms with Crippen LogP contribution in [0.15, 0.2) is 76.4 Å². The number of H-pyrrole nitrogens is 1. The number of ether oxygens (including phenoxy) is 3. The van der Waals surface area contributed by atoms with Gasteiger partial charge in [-0.15, -0.1) is 0 Å². The Hall–Kier alpha value is -3.08. The van der Waals surface area contributed by atoms with Gasteiger partial charge in [-0.1, -0.05) is 60.7 Å². The van der Waals surface area contributed by atoms with Gasteiger partial charge in [0.15, 0.2) is 6.23 Å². The third kappa shape index (κ3) is 5.44. The van der Waals surface area contributed by atoms with Crippen molar-refractivity contribution in [1.29, 1.82) is 0 Å². The van der Waals surface area contributed by atoms with E-state index in [2.05, 4.69) is 4.98 Å². The molecule has 4 atom stereocenters. The van der Waals surface area contributed by atoms with Crippen molar-refractivity contribution in [2.75, 3.05) is 13.2 Å². The number of nitrogens with one attached hydrogen (secondary N) is 1. The summed E-state index contributed by atoms with van der Waals surface area (Å²) >= 11 is 0. The van der Waals surface area contributed by atoms with Crippen molar-refractivity contribution in [2.24, 2.45) is 0 Å². The molecule has 1 aromatic heterocycles. The van der Waals surface area contributed by atoms with Gasteiger partial charge in [0.1, 0.15) is 17.8 Å². The van der Waals surface area contributed by atoms with Gasteiger partial charge in [0.05, 0.1) is 19.8 Å². The summed E-state index contributed by atoms with van der Waals surface area (Å²) < 4.78 is 19.5. The normalized spacial score (nSPS) is 24.0.